The zero-order valence-corrected chi connectivity index (χ0v) is 19.8. The number of hydrogen-bond donors (Lipinski definition) is 1. The van der Waals surface area contributed by atoms with E-state index in [0.29, 0.717) is 18.0 Å². The third-order valence-corrected chi connectivity index (χ3v) is 6.41. The van der Waals surface area contributed by atoms with E-state index >= 15 is 0 Å². The highest BCUT2D eigenvalue weighted by atomic mass is 16.5. The van der Waals surface area contributed by atoms with Crippen molar-refractivity contribution >= 4 is 17.4 Å². The molecule has 0 radical (unpaired) electrons. The van der Waals surface area contributed by atoms with E-state index in [1.807, 2.05) is 60.7 Å². The molecular formula is C26H28N6O3. The second-order valence-electron chi connectivity index (χ2n) is 8.54. The maximum absolute atomic E-state index is 12.7. The van der Waals surface area contributed by atoms with E-state index in [0.717, 1.165) is 54.4 Å². The quantitative estimate of drug-likeness (QED) is 0.441. The van der Waals surface area contributed by atoms with Crippen LogP contribution in [0.5, 0.6) is 11.5 Å². The van der Waals surface area contributed by atoms with Gasteiger partial charge in [-0.15, -0.1) is 15.3 Å². The van der Waals surface area contributed by atoms with Crippen molar-refractivity contribution in [3.05, 3.63) is 66.2 Å². The Hall–Kier alpha value is -4.14. The second-order valence-corrected chi connectivity index (χ2v) is 8.54. The van der Waals surface area contributed by atoms with Crippen LogP contribution in [0.4, 0.5) is 5.82 Å². The molecular weight excluding hydrogens is 444 g/mol. The van der Waals surface area contributed by atoms with Crippen molar-refractivity contribution in [2.75, 3.05) is 32.2 Å². The Morgan fingerprint density at radius 2 is 1.57 bits per heavy atom. The molecule has 0 bridgehead atoms. The summed E-state index contributed by atoms with van der Waals surface area (Å²) in [5.74, 6) is 3.22. The van der Waals surface area contributed by atoms with Crippen LogP contribution in [0, 0.1) is 5.92 Å². The van der Waals surface area contributed by atoms with Crippen molar-refractivity contribution in [3.8, 4) is 22.9 Å². The van der Waals surface area contributed by atoms with Crippen molar-refractivity contribution < 1.29 is 14.3 Å². The molecule has 0 spiro atoms. The fraction of sp³-hybridized carbons (Fsp3) is 0.308. The lowest BCUT2D eigenvalue weighted by atomic mass is 9.96. The standard InChI is InChI=1S/C26H28N6O3/c1-34-21-7-3-18(4-8-21)17-27-26(33)20-13-15-31(16-14-20)24-12-11-23-28-29-25(32(23)30-24)19-5-9-22(35-2)10-6-19/h3-12,20H,13-17H2,1-2H3,(H,27,33). The molecule has 0 atom stereocenters. The summed E-state index contributed by atoms with van der Waals surface area (Å²) in [6.07, 6.45) is 1.56. The Labute approximate surface area is 203 Å². The molecule has 1 N–H and O–H groups in total. The minimum Gasteiger partial charge on any atom is -0.497 e. The number of anilines is 1. The first kappa shape index (κ1) is 22.6. The first-order chi connectivity index (χ1) is 17.1. The molecule has 1 saturated heterocycles. The van der Waals surface area contributed by atoms with Crippen LogP contribution in [0.15, 0.2) is 60.7 Å². The summed E-state index contributed by atoms with van der Waals surface area (Å²) >= 11 is 0. The summed E-state index contributed by atoms with van der Waals surface area (Å²) < 4.78 is 12.2. The number of carbonyl (C=O) groups is 1. The van der Waals surface area contributed by atoms with E-state index in [1.165, 1.54) is 0 Å². The number of nitrogens with zero attached hydrogens (tertiary/aromatic N) is 5. The van der Waals surface area contributed by atoms with Crippen LogP contribution in [0.3, 0.4) is 0 Å². The summed E-state index contributed by atoms with van der Waals surface area (Å²) in [6, 6.07) is 19.3. The molecule has 1 aliphatic heterocycles. The summed E-state index contributed by atoms with van der Waals surface area (Å²) in [7, 11) is 3.28. The molecule has 9 heteroatoms. The monoisotopic (exact) mass is 472 g/mol. The van der Waals surface area contributed by atoms with Crippen molar-refractivity contribution in [3.63, 3.8) is 0 Å². The van der Waals surface area contributed by atoms with Gasteiger partial charge in [-0.2, -0.15) is 4.52 Å². The van der Waals surface area contributed by atoms with Gasteiger partial charge in [-0.25, -0.2) is 0 Å². The number of ether oxygens (including phenoxy) is 2. The number of rotatable bonds is 7. The molecule has 2 aromatic heterocycles. The van der Waals surface area contributed by atoms with E-state index in [-0.39, 0.29) is 11.8 Å². The van der Waals surface area contributed by atoms with E-state index in [9.17, 15) is 4.79 Å². The van der Waals surface area contributed by atoms with Crippen molar-refractivity contribution in [1.82, 2.24) is 25.1 Å². The maximum Gasteiger partial charge on any atom is 0.223 e. The molecule has 3 heterocycles. The van der Waals surface area contributed by atoms with Gasteiger partial charge in [-0.1, -0.05) is 12.1 Å². The van der Waals surface area contributed by atoms with Crippen LogP contribution in [0.25, 0.3) is 17.0 Å². The van der Waals surface area contributed by atoms with Crippen LogP contribution in [0.2, 0.25) is 0 Å². The van der Waals surface area contributed by atoms with Gasteiger partial charge in [0.2, 0.25) is 5.91 Å². The smallest absolute Gasteiger partial charge is 0.223 e. The van der Waals surface area contributed by atoms with Crippen molar-refractivity contribution in [2.24, 2.45) is 5.92 Å². The summed E-state index contributed by atoms with van der Waals surface area (Å²) in [5.41, 5.74) is 2.65. The number of piperidine rings is 1. The summed E-state index contributed by atoms with van der Waals surface area (Å²) in [6.45, 7) is 2.04. The Balaban J connectivity index is 1.21. The molecule has 0 unspecified atom stereocenters. The minimum absolute atomic E-state index is 0.00185. The van der Waals surface area contributed by atoms with E-state index in [2.05, 4.69) is 20.4 Å². The molecule has 0 saturated carbocycles. The number of carbonyl (C=O) groups excluding carboxylic acids is 1. The first-order valence-corrected chi connectivity index (χ1v) is 11.7. The summed E-state index contributed by atoms with van der Waals surface area (Å²) in [5, 5.41) is 16.5. The van der Waals surface area contributed by atoms with Crippen molar-refractivity contribution in [1.29, 1.82) is 0 Å². The molecule has 1 fully saturated rings. The summed E-state index contributed by atoms with van der Waals surface area (Å²) in [4.78, 5) is 14.9. The van der Waals surface area contributed by atoms with Gasteiger partial charge in [0.05, 0.1) is 14.2 Å². The second kappa shape index (κ2) is 10.0. The molecule has 1 aliphatic rings. The van der Waals surface area contributed by atoms with E-state index < -0.39 is 0 Å². The average molecular weight is 473 g/mol. The molecule has 0 aliphatic carbocycles. The fourth-order valence-electron chi connectivity index (χ4n) is 4.32. The van der Waals surface area contributed by atoms with E-state index in [1.54, 1.807) is 18.7 Å². The normalized spacial score (nSPS) is 14.2. The average Bonchev–Trinajstić information content (AvgIpc) is 3.35. The molecule has 1 amide bonds. The largest absolute Gasteiger partial charge is 0.497 e. The zero-order chi connectivity index (χ0) is 24.2. The Morgan fingerprint density at radius 3 is 2.23 bits per heavy atom. The lowest BCUT2D eigenvalue weighted by Gasteiger charge is -2.32. The van der Waals surface area contributed by atoms with Crippen LogP contribution < -0.4 is 19.7 Å². The van der Waals surface area contributed by atoms with Gasteiger partial charge in [0.1, 0.15) is 17.3 Å². The number of nitrogens with one attached hydrogen (secondary N) is 1. The number of amides is 1. The van der Waals surface area contributed by atoms with Crippen LogP contribution >= 0.6 is 0 Å². The Bertz CT molecular complexity index is 1300. The van der Waals surface area contributed by atoms with Gasteiger partial charge >= 0.3 is 0 Å². The number of aromatic nitrogens is 4. The maximum atomic E-state index is 12.7. The first-order valence-electron chi connectivity index (χ1n) is 11.7. The van der Waals surface area contributed by atoms with E-state index in [4.69, 9.17) is 14.6 Å². The molecule has 35 heavy (non-hydrogen) atoms. The van der Waals surface area contributed by atoms with Gasteiger partial charge in [-0.05, 0) is 66.9 Å². The molecule has 5 rings (SSSR count). The third kappa shape index (κ3) is 4.89. The predicted octanol–water partition coefficient (Wildman–Crippen LogP) is 3.34. The predicted molar refractivity (Wildman–Crippen MR) is 133 cm³/mol. The van der Waals surface area contributed by atoms with Gasteiger partial charge in [0, 0.05) is 31.1 Å². The molecule has 4 aromatic rings. The van der Waals surface area contributed by atoms with Gasteiger partial charge < -0.3 is 19.7 Å². The highest BCUT2D eigenvalue weighted by molar-refractivity contribution is 5.79. The Morgan fingerprint density at radius 1 is 0.914 bits per heavy atom. The highest BCUT2D eigenvalue weighted by Gasteiger charge is 2.26. The fourth-order valence-corrected chi connectivity index (χ4v) is 4.32. The van der Waals surface area contributed by atoms with Crippen molar-refractivity contribution in [2.45, 2.75) is 19.4 Å². The molecule has 180 valence electrons. The number of benzene rings is 2. The molecule has 2 aromatic carbocycles. The van der Waals surface area contributed by atoms with Crippen LogP contribution in [-0.4, -0.2) is 53.0 Å². The zero-order valence-electron chi connectivity index (χ0n) is 19.8. The number of methoxy groups -OCH3 is 2. The van der Waals surface area contributed by atoms with Crippen LogP contribution in [-0.2, 0) is 11.3 Å². The third-order valence-electron chi connectivity index (χ3n) is 6.41. The lowest BCUT2D eigenvalue weighted by molar-refractivity contribution is -0.125. The lowest BCUT2D eigenvalue weighted by Crippen LogP contribution is -2.40. The number of hydrogen-bond acceptors (Lipinski definition) is 7. The molecule has 9 nitrogen and oxygen atoms in total. The van der Waals surface area contributed by atoms with Gasteiger partial charge in [0.15, 0.2) is 11.5 Å². The highest BCUT2D eigenvalue weighted by Crippen LogP contribution is 2.25. The van der Waals surface area contributed by atoms with Gasteiger partial charge in [-0.3, -0.25) is 4.79 Å². The van der Waals surface area contributed by atoms with Crippen LogP contribution in [0.1, 0.15) is 18.4 Å². The topological polar surface area (TPSA) is 93.9 Å². The number of fused-ring (bicyclic) bond motifs is 1. The van der Waals surface area contributed by atoms with Gasteiger partial charge in [0.25, 0.3) is 0 Å². The minimum atomic E-state index is -0.00185. The SMILES string of the molecule is COc1ccc(CNC(=O)C2CCN(c3ccc4nnc(-c5ccc(OC)cc5)n4n3)CC2)cc1. The Kier molecular flexibility index (Phi) is 6.47.